The standard InChI is InChI=1S/C67H122O6/c1-4-7-10-13-16-19-22-24-26-28-29-30-31-32-33-34-35-36-37-38-39-40-42-43-45-48-51-54-57-60-66(69)72-63-64(62-71-65(68)59-56-53-50-47-21-18-15-12-9-6-3)73-67(70)61-58-55-52-49-46-44-41-27-25-23-20-17-14-11-8-5-2/h7,10,16,19,24,26,29-30,64H,4-6,8-9,11-15,17-18,20-23,25,27-28,31-63H2,1-3H3/b10-7-,19-16-,26-24-,30-29-. The Morgan fingerprint density at radius 3 is 0.836 bits per heavy atom. The number of allylic oxidation sites excluding steroid dienone is 8. The Kier molecular flexibility index (Phi) is 59.7. The van der Waals surface area contributed by atoms with Crippen LogP contribution in [0.4, 0.5) is 0 Å². The normalized spacial score (nSPS) is 12.3. The van der Waals surface area contributed by atoms with Crippen molar-refractivity contribution in [1.82, 2.24) is 0 Å². The molecule has 426 valence electrons. The van der Waals surface area contributed by atoms with E-state index < -0.39 is 6.10 Å². The molecule has 0 amide bonds. The highest BCUT2D eigenvalue weighted by atomic mass is 16.6. The van der Waals surface area contributed by atoms with E-state index in [-0.39, 0.29) is 31.1 Å². The molecule has 73 heavy (non-hydrogen) atoms. The summed E-state index contributed by atoms with van der Waals surface area (Å²) in [4.78, 5) is 38.2. The molecule has 0 aromatic carbocycles. The summed E-state index contributed by atoms with van der Waals surface area (Å²) >= 11 is 0. The summed E-state index contributed by atoms with van der Waals surface area (Å²) in [5.41, 5.74) is 0. The molecular formula is C67H122O6. The highest BCUT2D eigenvalue weighted by Crippen LogP contribution is 2.18. The minimum absolute atomic E-state index is 0.0663. The third kappa shape index (κ3) is 60.1. The van der Waals surface area contributed by atoms with Crippen molar-refractivity contribution in [3.05, 3.63) is 48.6 Å². The fourth-order valence-corrected chi connectivity index (χ4v) is 9.56. The summed E-state index contributed by atoms with van der Waals surface area (Å²) in [7, 11) is 0. The van der Waals surface area contributed by atoms with Gasteiger partial charge in [-0.25, -0.2) is 0 Å². The van der Waals surface area contributed by atoms with Gasteiger partial charge in [0, 0.05) is 19.3 Å². The number of carbonyl (C=O) groups is 3. The number of hydrogen-bond acceptors (Lipinski definition) is 6. The molecule has 0 aliphatic carbocycles. The van der Waals surface area contributed by atoms with E-state index in [0.717, 1.165) is 83.5 Å². The number of hydrogen-bond donors (Lipinski definition) is 0. The van der Waals surface area contributed by atoms with Crippen molar-refractivity contribution in [2.75, 3.05) is 13.2 Å². The average Bonchev–Trinajstić information content (AvgIpc) is 3.39. The topological polar surface area (TPSA) is 78.9 Å². The van der Waals surface area contributed by atoms with Gasteiger partial charge in [-0.3, -0.25) is 14.4 Å². The molecule has 6 nitrogen and oxygen atoms in total. The van der Waals surface area contributed by atoms with Crippen LogP contribution in [0.5, 0.6) is 0 Å². The fourth-order valence-electron chi connectivity index (χ4n) is 9.56. The van der Waals surface area contributed by atoms with Gasteiger partial charge in [-0.1, -0.05) is 313 Å². The lowest BCUT2D eigenvalue weighted by Crippen LogP contribution is -2.30. The Bertz CT molecular complexity index is 1270. The molecule has 0 saturated carbocycles. The van der Waals surface area contributed by atoms with Crippen molar-refractivity contribution in [3.63, 3.8) is 0 Å². The van der Waals surface area contributed by atoms with Crippen LogP contribution in [0.1, 0.15) is 342 Å². The first kappa shape index (κ1) is 70.4. The van der Waals surface area contributed by atoms with E-state index in [1.54, 1.807) is 0 Å². The number of ether oxygens (including phenoxy) is 3. The molecule has 0 spiro atoms. The summed E-state index contributed by atoms with van der Waals surface area (Å²) in [5, 5.41) is 0. The maximum absolute atomic E-state index is 12.9. The quantitative estimate of drug-likeness (QED) is 0.0261. The fraction of sp³-hybridized carbons (Fsp3) is 0.836. The third-order valence-corrected chi connectivity index (χ3v) is 14.3. The number of rotatable bonds is 59. The zero-order valence-electron chi connectivity index (χ0n) is 48.9. The van der Waals surface area contributed by atoms with Crippen LogP contribution in [0.25, 0.3) is 0 Å². The third-order valence-electron chi connectivity index (χ3n) is 14.3. The number of unbranched alkanes of at least 4 members (excludes halogenated alkanes) is 40. The predicted molar refractivity (Wildman–Crippen MR) is 316 cm³/mol. The van der Waals surface area contributed by atoms with Gasteiger partial charge in [-0.15, -0.1) is 0 Å². The van der Waals surface area contributed by atoms with Crippen LogP contribution in [0, 0.1) is 0 Å². The second-order valence-corrected chi connectivity index (χ2v) is 21.7. The van der Waals surface area contributed by atoms with Gasteiger partial charge in [-0.2, -0.15) is 0 Å². The van der Waals surface area contributed by atoms with Crippen molar-refractivity contribution in [2.45, 2.75) is 348 Å². The van der Waals surface area contributed by atoms with Gasteiger partial charge in [0.2, 0.25) is 0 Å². The molecule has 6 heteroatoms. The van der Waals surface area contributed by atoms with Crippen LogP contribution in [-0.4, -0.2) is 37.2 Å². The Hall–Kier alpha value is -2.63. The smallest absolute Gasteiger partial charge is 0.306 e. The van der Waals surface area contributed by atoms with E-state index in [1.165, 1.54) is 218 Å². The molecule has 0 bridgehead atoms. The molecule has 0 aliphatic rings. The average molecular weight is 1020 g/mol. The van der Waals surface area contributed by atoms with Gasteiger partial charge in [-0.05, 0) is 57.8 Å². The van der Waals surface area contributed by atoms with Crippen LogP contribution in [0.3, 0.4) is 0 Å². The Balaban J connectivity index is 4.12. The van der Waals surface area contributed by atoms with E-state index >= 15 is 0 Å². The van der Waals surface area contributed by atoms with Crippen LogP contribution >= 0.6 is 0 Å². The van der Waals surface area contributed by atoms with Crippen molar-refractivity contribution in [1.29, 1.82) is 0 Å². The minimum atomic E-state index is -0.767. The maximum atomic E-state index is 12.9. The minimum Gasteiger partial charge on any atom is -0.462 e. The van der Waals surface area contributed by atoms with Crippen molar-refractivity contribution >= 4 is 17.9 Å². The van der Waals surface area contributed by atoms with Gasteiger partial charge in [0.05, 0.1) is 0 Å². The zero-order chi connectivity index (χ0) is 52.9. The summed E-state index contributed by atoms with van der Waals surface area (Å²) < 4.78 is 16.9. The molecular weight excluding hydrogens is 901 g/mol. The van der Waals surface area contributed by atoms with E-state index in [4.69, 9.17) is 14.2 Å². The molecule has 0 aliphatic heterocycles. The van der Waals surface area contributed by atoms with E-state index in [0.29, 0.717) is 19.3 Å². The first-order valence-electron chi connectivity index (χ1n) is 32.1. The van der Waals surface area contributed by atoms with E-state index in [9.17, 15) is 14.4 Å². The molecule has 0 aromatic rings. The van der Waals surface area contributed by atoms with Crippen LogP contribution in [-0.2, 0) is 28.6 Å². The first-order valence-corrected chi connectivity index (χ1v) is 32.1. The first-order chi connectivity index (χ1) is 36.0. The van der Waals surface area contributed by atoms with Crippen molar-refractivity contribution in [2.24, 2.45) is 0 Å². The molecule has 1 unspecified atom stereocenters. The van der Waals surface area contributed by atoms with E-state index in [1.807, 2.05) is 0 Å². The maximum Gasteiger partial charge on any atom is 0.306 e. The summed E-state index contributed by atoms with van der Waals surface area (Å²) in [6, 6.07) is 0. The number of esters is 3. The van der Waals surface area contributed by atoms with Gasteiger partial charge in [0.1, 0.15) is 13.2 Å². The molecule has 0 radical (unpaired) electrons. The van der Waals surface area contributed by atoms with Crippen molar-refractivity contribution < 1.29 is 28.6 Å². The van der Waals surface area contributed by atoms with Gasteiger partial charge in [0.25, 0.3) is 0 Å². The summed E-state index contributed by atoms with van der Waals surface area (Å²) in [5.74, 6) is -0.845. The van der Waals surface area contributed by atoms with Gasteiger partial charge >= 0.3 is 17.9 Å². The molecule has 0 N–H and O–H groups in total. The Morgan fingerprint density at radius 1 is 0.288 bits per heavy atom. The molecule has 1 atom stereocenters. The second kappa shape index (κ2) is 61.9. The van der Waals surface area contributed by atoms with Crippen LogP contribution in [0.15, 0.2) is 48.6 Å². The molecule has 0 fully saturated rings. The second-order valence-electron chi connectivity index (χ2n) is 21.7. The van der Waals surface area contributed by atoms with E-state index in [2.05, 4.69) is 69.4 Å². The Labute approximate surface area is 454 Å². The lowest BCUT2D eigenvalue weighted by molar-refractivity contribution is -0.167. The largest absolute Gasteiger partial charge is 0.462 e. The SMILES string of the molecule is CC/C=C\C/C=C\C/C=C\C/C=C\CCCCCCCCCCCCCCCCCCC(=O)OCC(COC(=O)CCCCCCCCCCCC)OC(=O)CCCCCCCCCCCCCCCCCC. The molecule has 0 aromatic heterocycles. The highest BCUT2D eigenvalue weighted by Gasteiger charge is 2.19. The lowest BCUT2D eigenvalue weighted by Gasteiger charge is -2.18. The molecule has 0 rings (SSSR count). The Morgan fingerprint density at radius 2 is 0.534 bits per heavy atom. The highest BCUT2D eigenvalue weighted by molar-refractivity contribution is 5.71. The zero-order valence-corrected chi connectivity index (χ0v) is 48.9. The lowest BCUT2D eigenvalue weighted by atomic mass is 10.0. The van der Waals surface area contributed by atoms with Crippen LogP contribution in [0.2, 0.25) is 0 Å². The van der Waals surface area contributed by atoms with Crippen molar-refractivity contribution in [3.8, 4) is 0 Å². The van der Waals surface area contributed by atoms with Crippen LogP contribution < -0.4 is 0 Å². The number of carbonyl (C=O) groups excluding carboxylic acids is 3. The predicted octanol–water partition coefficient (Wildman–Crippen LogP) is 21.8. The van der Waals surface area contributed by atoms with Gasteiger partial charge in [0.15, 0.2) is 6.10 Å². The summed E-state index contributed by atoms with van der Waals surface area (Å²) in [6.45, 7) is 6.57. The monoisotopic (exact) mass is 1020 g/mol. The summed E-state index contributed by atoms with van der Waals surface area (Å²) in [6.07, 6.45) is 77.0. The molecule has 0 saturated heterocycles. The molecule has 0 heterocycles. The van der Waals surface area contributed by atoms with Gasteiger partial charge < -0.3 is 14.2 Å².